The molecule has 1 aliphatic rings. The van der Waals surface area contributed by atoms with Crippen LogP contribution in [0.3, 0.4) is 0 Å². The summed E-state index contributed by atoms with van der Waals surface area (Å²) in [5, 5.41) is 17.3. The summed E-state index contributed by atoms with van der Waals surface area (Å²) in [5.41, 5.74) is 1.92. The van der Waals surface area contributed by atoms with E-state index < -0.39 is 5.97 Å². The minimum atomic E-state index is -0.701. The fraction of sp³-hybridized carbons (Fsp3) is 0.385. The van der Waals surface area contributed by atoms with Crippen molar-refractivity contribution in [1.82, 2.24) is 10.5 Å². The predicted molar refractivity (Wildman–Crippen MR) is 65.1 cm³/mol. The molecule has 1 aliphatic heterocycles. The number of benzene rings is 1. The summed E-state index contributed by atoms with van der Waals surface area (Å²) in [4.78, 5) is 11.0. The molecule has 1 fully saturated rings. The lowest BCUT2D eigenvalue weighted by Gasteiger charge is -2.28. The molecule has 2 unspecified atom stereocenters. The monoisotopic (exact) mass is 246 g/mol. The van der Waals surface area contributed by atoms with Gasteiger partial charge in [-0.1, -0.05) is 11.2 Å². The van der Waals surface area contributed by atoms with Crippen LogP contribution >= 0.6 is 0 Å². The third-order valence-corrected chi connectivity index (χ3v) is 3.54. The summed E-state index contributed by atoms with van der Waals surface area (Å²) in [6, 6.07) is 5.99. The first kappa shape index (κ1) is 11.2. The Labute approximate surface area is 104 Å². The van der Waals surface area contributed by atoms with Gasteiger partial charge in [-0.2, -0.15) is 0 Å². The number of carboxylic acid groups (broad SMARTS) is 1. The van der Waals surface area contributed by atoms with Crippen molar-refractivity contribution in [2.75, 3.05) is 6.54 Å². The zero-order chi connectivity index (χ0) is 12.5. The molecule has 2 aromatic rings. The van der Waals surface area contributed by atoms with Crippen LogP contribution in [-0.2, 0) is 4.79 Å². The molecule has 1 aromatic carbocycles. The normalized spacial score (nSPS) is 24.2. The summed E-state index contributed by atoms with van der Waals surface area (Å²) in [7, 11) is 0. The predicted octanol–water partition coefficient (Wildman–Crippen LogP) is 1.95. The average molecular weight is 246 g/mol. The number of carboxylic acids is 1. The van der Waals surface area contributed by atoms with Gasteiger partial charge in [-0.15, -0.1) is 0 Å². The molecule has 1 aromatic heterocycles. The second-order valence-electron chi connectivity index (χ2n) is 4.70. The molecule has 5 nitrogen and oxygen atoms in total. The molecular weight excluding hydrogens is 232 g/mol. The molecule has 2 heterocycles. The van der Waals surface area contributed by atoms with E-state index in [2.05, 4.69) is 10.5 Å². The van der Waals surface area contributed by atoms with Crippen LogP contribution in [0.2, 0.25) is 0 Å². The largest absolute Gasteiger partial charge is 0.481 e. The highest BCUT2D eigenvalue weighted by Gasteiger charge is 2.27. The number of nitrogens with one attached hydrogen (secondary N) is 1. The van der Waals surface area contributed by atoms with Crippen LogP contribution in [0.15, 0.2) is 29.0 Å². The molecule has 0 bridgehead atoms. The van der Waals surface area contributed by atoms with Gasteiger partial charge in [-0.3, -0.25) is 4.79 Å². The number of aromatic nitrogens is 1. The Morgan fingerprint density at radius 2 is 2.39 bits per heavy atom. The van der Waals surface area contributed by atoms with Crippen molar-refractivity contribution < 1.29 is 14.4 Å². The quantitative estimate of drug-likeness (QED) is 0.847. The first-order valence-corrected chi connectivity index (χ1v) is 6.04. The number of hydrogen-bond donors (Lipinski definition) is 2. The topological polar surface area (TPSA) is 75.4 Å². The highest BCUT2D eigenvalue weighted by Crippen LogP contribution is 2.29. The SMILES string of the molecule is O=C(O)C1CCNC(c2ccc3nocc3c2)C1. The highest BCUT2D eigenvalue weighted by atomic mass is 16.5. The Balaban J connectivity index is 1.86. The third-order valence-electron chi connectivity index (χ3n) is 3.54. The van der Waals surface area contributed by atoms with Crippen molar-refractivity contribution in [3.8, 4) is 0 Å². The third kappa shape index (κ3) is 1.97. The summed E-state index contributed by atoms with van der Waals surface area (Å²) < 4.78 is 4.90. The number of nitrogens with zero attached hydrogens (tertiary/aromatic N) is 1. The maximum atomic E-state index is 11.0. The van der Waals surface area contributed by atoms with E-state index in [4.69, 9.17) is 9.63 Å². The van der Waals surface area contributed by atoms with Crippen LogP contribution in [0.5, 0.6) is 0 Å². The molecule has 2 N–H and O–H groups in total. The molecule has 5 heteroatoms. The van der Waals surface area contributed by atoms with Gasteiger partial charge >= 0.3 is 5.97 Å². The van der Waals surface area contributed by atoms with E-state index >= 15 is 0 Å². The molecule has 0 aliphatic carbocycles. The smallest absolute Gasteiger partial charge is 0.306 e. The number of piperidine rings is 1. The number of carbonyl (C=O) groups is 1. The minimum absolute atomic E-state index is 0.0964. The van der Waals surface area contributed by atoms with Crippen LogP contribution in [0.4, 0.5) is 0 Å². The van der Waals surface area contributed by atoms with Crippen LogP contribution in [0, 0.1) is 5.92 Å². The first-order valence-electron chi connectivity index (χ1n) is 6.04. The van der Waals surface area contributed by atoms with Gasteiger partial charge in [-0.05, 0) is 37.1 Å². The molecule has 0 spiro atoms. The van der Waals surface area contributed by atoms with Gasteiger partial charge in [0.1, 0.15) is 11.8 Å². The fourth-order valence-electron chi connectivity index (χ4n) is 2.50. The Kier molecular flexibility index (Phi) is 2.76. The van der Waals surface area contributed by atoms with Crippen LogP contribution in [-0.4, -0.2) is 22.8 Å². The van der Waals surface area contributed by atoms with E-state index in [0.717, 1.165) is 23.0 Å². The van der Waals surface area contributed by atoms with Gasteiger partial charge in [0.15, 0.2) is 0 Å². The average Bonchev–Trinajstić information content (AvgIpc) is 2.86. The first-order chi connectivity index (χ1) is 8.74. The minimum Gasteiger partial charge on any atom is -0.481 e. The number of hydrogen-bond acceptors (Lipinski definition) is 4. The van der Waals surface area contributed by atoms with Gasteiger partial charge in [0, 0.05) is 11.4 Å². The van der Waals surface area contributed by atoms with E-state index in [0.29, 0.717) is 12.8 Å². The lowest BCUT2D eigenvalue weighted by atomic mass is 9.88. The van der Waals surface area contributed by atoms with Crippen LogP contribution < -0.4 is 5.32 Å². The number of aliphatic carboxylic acids is 1. The molecule has 0 radical (unpaired) electrons. The Morgan fingerprint density at radius 1 is 1.50 bits per heavy atom. The standard InChI is InChI=1S/C13H14N2O3/c16-13(17)9-3-4-14-12(6-9)8-1-2-11-10(5-8)7-18-15-11/h1-2,5,7,9,12,14H,3-4,6H2,(H,16,17). The molecule has 0 amide bonds. The van der Waals surface area contributed by atoms with E-state index in [1.54, 1.807) is 6.26 Å². The van der Waals surface area contributed by atoms with Crippen molar-refractivity contribution >= 4 is 16.9 Å². The summed E-state index contributed by atoms with van der Waals surface area (Å²) >= 11 is 0. The lowest BCUT2D eigenvalue weighted by Crippen LogP contribution is -2.34. The van der Waals surface area contributed by atoms with Crippen molar-refractivity contribution in [2.45, 2.75) is 18.9 Å². The summed E-state index contributed by atoms with van der Waals surface area (Å²) in [6.45, 7) is 0.739. The maximum absolute atomic E-state index is 11.0. The van der Waals surface area contributed by atoms with E-state index in [1.807, 2.05) is 18.2 Å². The molecule has 2 atom stereocenters. The number of rotatable bonds is 2. The lowest BCUT2D eigenvalue weighted by molar-refractivity contribution is -0.143. The van der Waals surface area contributed by atoms with Crippen molar-refractivity contribution in [3.63, 3.8) is 0 Å². The molecular formula is C13H14N2O3. The van der Waals surface area contributed by atoms with Crippen molar-refractivity contribution in [3.05, 3.63) is 30.0 Å². The molecule has 1 saturated heterocycles. The summed E-state index contributed by atoms with van der Waals surface area (Å²) in [5.74, 6) is -0.957. The molecule has 94 valence electrons. The van der Waals surface area contributed by atoms with E-state index in [-0.39, 0.29) is 12.0 Å². The zero-order valence-electron chi connectivity index (χ0n) is 9.80. The summed E-state index contributed by atoms with van der Waals surface area (Å²) in [6.07, 6.45) is 2.93. The zero-order valence-corrected chi connectivity index (χ0v) is 9.80. The van der Waals surface area contributed by atoms with E-state index in [1.165, 1.54) is 0 Å². The van der Waals surface area contributed by atoms with Gasteiger partial charge in [0.05, 0.1) is 5.92 Å². The Hall–Kier alpha value is -1.88. The second kappa shape index (κ2) is 4.42. The van der Waals surface area contributed by atoms with Crippen molar-refractivity contribution in [2.24, 2.45) is 5.92 Å². The molecule has 0 saturated carbocycles. The molecule has 3 rings (SSSR count). The Morgan fingerprint density at radius 3 is 3.22 bits per heavy atom. The van der Waals surface area contributed by atoms with Gasteiger partial charge in [-0.25, -0.2) is 0 Å². The highest BCUT2D eigenvalue weighted by molar-refractivity contribution is 5.78. The van der Waals surface area contributed by atoms with Gasteiger partial charge < -0.3 is 14.9 Å². The van der Waals surface area contributed by atoms with Crippen molar-refractivity contribution in [1.29, 1.82) is 0 Å². The van der Waals surface area contributed by atoms with Crippen LogP contribution in [0.1, 0.15) is 24.4 Å². The maximum Gasteiger partial charge on any atom is 0.306 e. The van der Waals surface area contributed by atoms with Gasteiger partial charge in [0.25, 0.3) is 0 Å². The second-order valence-corrected chi connectivity index (χ2v) is 4.70. The van der Waals surface area contributed by atoms with Crippen LogP contribution in [0.25, 0.3) is 10.9 Å². The molecule has 18 heavy (non-hydrogen) atoms. The number of fused-ring (bicyclic) bond motifs is 1. The Bertz CT molecular complexity index is 578. The van der Waals surface area contributed by atoms with Gasteiger partial charge in [0.2, 0.25) is 0 Å². The van der Waals surface area contributed by atoms with E-state index in [9.17, 15) is 4.79 Å². The fourth-order valence-corrected chi connectivity index (χ4v) is 2.50.